The number of allylic oxidation sites excluding steroid dienone is 1. The number of rotatable bonds is 3. The van der Waals surface area contributed by atoms with Crippen LogP contribution < -0.4 is 5.11 Å². The standard InChI is InChI=1S/C7H8O5/c1-4(3-8)5(9)2-6(10)7(11)12/h2-3,8-9H,1H3,(H,11,12)/p-1/b4-3-,5-2-. The van der Waals surface area contributed by atoms with Crippen molar-refractivity contribution in [1.82, 2.24) is 0 Å². The van der Waals surface area contributed by atoms with E-state index in [9.17, 15) is 14.7 Å². The number of hydrogen-bond acceptors (Lipinski definition) is 4. The maximum absolute atomic E-state index is 10.4. The van der Waals surface area contributed by atoms with Gasteiger partial charge in [-0.3, -0.25) is 4.79 Å². The summed E-state index contributed by atoms with van der Waals surface area (Å²) in [5.74, 6) is -3.58. The number of ketones is 1. The zero-order valence-corrected chi connectivity index (χ0v) is 6.27. The van der Waals surface area contributed by atoms with Crippen LogP contribution in [0.25, 0.3) is 0 Å². The number of carbonyl (C=O) groups is 2. The first-order chi connectivity index (χ1) is 5.49. The summed E-state index contributed by atoms with van der Waals surface area (Å²) < 4.78 is 0. The SMILES string of the molecule is CC(=C/[O-])/C(O)=C/C(=O)C(=O)O. The molecule has 66 valence electrons. The van der Waals surface area contributed by atoms with Gasteiger partial charge in [-0.15, -0.1) is 6.26 Å². The van der Waals surface area contributed by atoms with Crippen molar-refractivity contribution < 1.29 is 24.9 Å². The fourth-order valence-corrected chi connectivity index (χ4v) is 0.360. The molecule has 0 bridgehead atoms. The van der Waals surface area contributed by atoms with Gasteiger partial charge in [-0.2, -0.15) is 0 Å². The first kappa shape index (κ1) is 10.2. The van der Waals surface area contributed by atoms with E-state index in [0.29, 0.717) is 12.3 Å². The Bertz CT molecular complexity index is 261. The van der Waals surface area contributed by atoms with Gasteiger partial charge >= 0.3 is 5.97 Å². The summed E-state index contributed by atoms with van der Waals surface area (Å²) >= 11 is 0. The van der Waals surface area contributed by atoms with Crippen molar-refractivity contribution in [3.05, 3.63) is 23.7 Å². The van der Waals surface area contributed by atoms with Crippen molar-refractivity contribution in [3.63, 3.8) is 0 Å². The van der Waals surface area contributed by atoms with Crippen molar-refractivity contribution in [1.29, 1.82) is 0 Å². The summed E-state index contributed by atoms with van der Waals surface area (Å²) in [6.45, 7) is 1.26. The molecule has 0 unspecified atom stereocenters. The average Bonchev–Trinajstić information content (AvgIpc) is 2.02. The highest BCUT2D eigenvalue weighted by atomic mass is 16.4. The fourth-order valence-electron chi connectivity index (χ4n) is 0.360. The lowest BCUT2D eigenvalue weighted by Gasteiger charge is -2.00. The number of carboxylic acids is 1. The van der Waals surface area contributed by atoms with Crippen molar-refractivity contribution in [2.75, 3.05) is 0 Å². The molecule has 2 N–H and O–H groups in total. The zero-order valence-electron chi connectivity index (χ0n) is 6.27. The molecule has 0 aliphatic carbocycles. The normalized spacial score (nSPS) is 12.8. The van der Waals surface area contributed by atoms with Gasteiger partial charge in [0.1, 0.15) is 5.76 Å². The molecule has 0 heterocycles. The molecule has 0 atom stereocenters. The zero-order chi connectivity index (χ0) is 9.72. The van der Waals surface area contributed by atoms with Gasteiger partial charge in [0.2, 0.25) is 0 Å². The quantitative estimate of drug-likeness (QED) is 0.254. The molecular formula is C7H7O5-. The van der Waals surface area contributed by atoms with E-state index >= 15 is 0 Å². The van der Waals surface area contributed by atoms with Gasteiger partial charge in [0.25, 0.3) is 5.78 Å². The molecule has 0 aromatic heterocycles. The number of aliphatic carboxylic acids is 1. The molecule has 5 heteroatoms. The Morgan fingerprint density at radius 3 is 2.17 bits per heavy atom. The second-order valence-electron chi connectivity index (χ2n) is 2.00. The highest BCUT2D eigenvalue weighted by Gasteiger charge is 2.08. The first-order valence-electron chi connectivity index (χ1n) is 2.96. The third-order valence-electron chi connectivity index (χ3n) is 1.06. The van der Waals surface area contributed by atoms with Gasteiger partial charge in [-0.1, -0.05) is 0 Å². The topological polar surface area (TPSA) is 97.7 Å². The van der Waals surface area contributed by atoms with Crippen LogP contribution in [0, 0.1) is 0 Å². The summed E-state index contributed by atoms with van der Waals surface area (Å²) in [4.78, 5) is 20.4. The van der Waals surface area contributed by atoms with E-state index in [1.54, 1.807) is 0 Å². The third-order valence-corrected chi connectivity index (χ3v) is 1.06. The average molecular weight is 171 g/mol. The molecule has 0 aliphatic rings. The summed E-state index contributed by atoms with van der Waals surface area (Å²) in [6, 6.07) is 0. The van der Waals surface area contributed by atoms with Crippen molar-refractivity contribution in [2.24, 2.45) is 0 Å². The van der Waals surface area contributed by atoms with Crippen LogP contribution in [-0.4, -0.2) is 22.0 Å². The predicted octanol–water partition coefficient (Wildman–Crippen LogP) is -0.654. The molecule has 5 nitrogen and oxygen atoms in total. The molecule has 0 aromatic rings. The summed E-state index contributed by atoms with van der Waals surface area (Å²) in [5, 5.41) is 26.9. The Morgan fingerprint density at radius 2 is 1.83 bits per heavy atom. The molecule has 0 aromatic carbocycles. The minimum Gasteiger partial charge on any atom is -0.878 e. The van der Waals surface area contributed by atoms with Crippen LogP contribution in [-0.2, 0) is 9.59 Å². The van der Waals surface area contributed by atoms with E-state index in [2.05, 4.69) is 0 Å². The number of aliphatic hydroxyl groups is 1. The van der Waals surface area contributed by atoms with E-state index < -0.39 is 17.5 Å². The van der Waals surface area contributed by atoms with E-state index in [-0.39, 0.29) is 5.57 Å². The van der Waals surface area contributed by atoms with Gasteiger partial charge < -0.3 is 15.3 Å². The lowest BCUT2D eigenvalue weighted by atomic mass is 10.2. The Morgan fingerprint density at radius 1 is 1.33 bits per heavy atom. The van der Waals surface area contributed by atoms with E-state index in [1.165, 1.54) is 6.92 Å². The molecule has 12 heavy (non-hydrogen) atoms. The van der Waals surface area contributed by atoms with Crippen LogP contribution in [0.3, 0.4) is 0 Å². The minimum atomic E-state index is -1.68. The molecule has 0 spiro atoms. The van der Waals surface area contributed by atoms with E-state index in [1.807, 2.05) is 0 Å². The third kappa shape index (κ3) is 2.87. The summed E-state index contributed by atoms with van der Waals surface area (Å²) in [7, 11) is 0. The van der Waals surface area contributed by atoms with Crippen LogP contribution in [0.5, 0.6) is 0 Å². The van der Waals surface area contributed by atoms with Crippen molar-refractivity contribution in [3.8, 4) is 0 Å². The summed E-state index contributed by atoms with van der Waals surface area (Å²) in [6.07, 6.45) is 0.799. The van der Waals surface area contributed by atoms with Crippen LogP contribution in [0.4, 0.5) is 0 Å². The Hall–Kier alpha value is -1.78. The molecule has 0 amide bonds. The van der Waals surface area contributed by atoms with Crippen LogP contribution in [0.1, 0.15) is 6.92 Å². The van der Waals surface area contributed by atoms with Gasteiger partial charge in [0.15, 0.2) is 0 Å². The number of hydrogen-bond donors (Lipinski definition) is 2. The van der Waals surface area contributed by atoms with Gasteiger partial charge in [-0.25, -0.2) is 4.79 Å². The van der Waals surface area contributed by atoms with Crippen LogP contribution >= 0.6 is 0 Å². The van der Waals surface area contributed by atoms with Gasteiger partial charge in [-0.05, 0) is 12.5 Å². The highest BCUT2D eigenvalue weighted by molar-refractivity contribution is 6.37. The lowest BCUT2D eigenvalue weighted by molar-refractivity contribution is -0.276. The first-order valence-corrected chi connectivity index (χ1v) is 2.96. The molecular weight excluding hydrogens is 164 g/mol. The summed E-state index contributed by atoms with van der Waals surface area (Å²) in [5.41, 5.74) is -0.0930. The van der Waals surface area contributed by atoms with Crippen LogP contribution in [0.15, 0.2) is 23.7 Å². The number of carboxylic acid groups (broad SMARTS) is 1. The molecule has 0 saturated carbocycles. The smallest absolute Gasteiger partial charge is 0.376 e. The maximum atomic E-state index is 10.4. The van der Waals surface area contributed by atoms with Gasteiger partial charge in [0, 0.05) is 6.08 Å². The fraction of sp³-hybridized carbons (Fsp3) is 0.143. The molecule has 0 radical (unpaired) electrons. The van der Waals surface area contributed by atoms with Gasteiger partial charge in [0.05, 0.1) is 0 Å². The van der Waals surface area contributed by atoms with E-state index in [4.69, 9.17) is 10.2 Å². The molecule has 0 fully saturated rings. The van der Waals surface area contributed by atoms with Crippen molar-refractivity contribution in [2.45, 2.75) is 6.92 Å². The molecule has 0 aliphatic heterocycles. The Labute approximate surface area is 68.3 Å². The predicted molar refractivity (Wildman–Crippen MR) is 37.1 cm³/mol. The number of carbonyl (C=O) groups excluding carboxylic acids is 1. The van der Waals surface area contributed by atoms with Crippen LogP contribution in [0.2, 0.25) is 0 Å². The lowest BCUT2D eigenvalue weighted by Crippen LogP contribution is -2.10. The molecule has 0 saturated heterocycles. The number of aliphatic hydroxyl groups excluding tert-OH is 1. The second-order valence-corrected chi connectivity index (χ2v) is 2.00. The Kier molecular flexibility index (Phi) is 3.55. The largest absolute Gasteiger partial charge is 0.878 e. The Balaban J connectivity index is 4.58. The minimum absolute atomic E-state index is 0.0930. The van der Waals surface area contributed by atoms with E-state index in [0.717, 1.165) is 0 Å². The molecule has 0 rings (SSSR count). The maximum Gasteiger partial charge on any atom is 0.376 e. The highest BCUT2D eigenvalue weighted by Crippen LogP contribution is 2.02. The monoisotopic (exact) mass is 171 g/mol. The second kappa shape index (κ2) is 4.17. The van der Waals surface area contributed by atoms with Crippen molar-refractivity contribution >= 4 is 11.8 Å².